The summed E-state index contributed by atoms with van der Waals surface area (Å²) < 4.78 is 38.4. The van der Waals surface area contributed by atoms with E-state index in [1.54, 1.807) is 0 Å². The van der Waals surface area contributed by atoms with E-state index in [1.165, 1.54) is 31.1 Å². The third kappa shape index (κ3) is 5.43. The van der Waals surface area contributed by atoms with Crippen LogP contribution in [0.4, 0.5) is 4.39 Å². The van der Waals surface area contributed by atoms with Gasteiger partial charge in [-0.3, -0.25) is 9.59 Å². The van der Waals surface area contributed by atoms with E-state index in [9.17, 15) is 22.4 Å². The van der Waals surface area contributed by atoms with Gasteiger partial charge in [0.25, 0.3) is 0 Å². The van der Waals surface area contributed by atoms with Crippen LogP contribution in [-0.2, 0) is 19.6 Å². The van der Waals surface area contributed by atoms with Crippen molar-refractivity contribution in [3.8, 4) is 0 Å². The molecule has 7 nitrogen and oxygen atoms in total. The maximum absolute atomic E-state index is 12.9. The van der Waals surface area contributed by atoms with E-state index >= 15 is 0 Å². The standard InChI is InChI=1S/C15H20FN3O4S/c1-4-15(21)18(2)11-14(20)17-9-10-19(3)24(22,23)13-7-5-12(16)6-8-13/h4-8H,1,9-11H2,2-3H3,(H,17,20). The molecule has 0 aliphatic rings. The first-order valence-electron chi connectivity index (χ1n) is 7.04. The SMILES string of the molecule is C=CC(=O)N(C)CC(=O)NCCN(C)S(=O)(=O)c1ccc(F)cc1. The van der Waals surface area contributed by atoms with Gasteiger partial charge in [0.05, 0.1) is 11.4 Å². The molecular formula is C15H20FN3O4S. The lowest BCUT2D eigenvalue weighted by Crippen LogP contribution is -2.41. The van der Waals surface area contributed by atoms with Crippen LogP contribution in [0.3, 0.4) is 0 Å². The number of nitrogens with one attached hydrogen (secondary N) is 1. The number of benzene rings is 1. The average molecular weight is 357 g/mol. The Hall–Kier alpha value is -2.26. The van der Waals surface area contributed by atoms with E-state index < -0.39 is 21.7 Å². The van der Waals surface area contributed by atoms with Crippen molar-refractivity contribution in [2.45, 2.75) is 4.90 Å². The van der Waals surface area contributed by atoms with Gasteiger partial charge in [0.2, 0.25) is 21.8 Å². The molecule has 2 amide bonds. The second-order valence-corrected chi connectivity index (χ2v) is 7.07. The highest BCUT2D eigenvalue weighted by atomic mass is 32.2. The first kappa shape index (κ1) is 19.8. The Morgan fingerprint density at radius 1 is 1.25 bits per heavy atom. The number of rotatable bonds is 8. The second-order valence-electron chi connectivity index (χ2n) is 5.03. The highest BCUT2D eigenvalue weighted by Crippen LogP contribution is 2.14. The van der Waals surface area contributed by atoms with Crippen molar-refractivity contribution in [3.05, 3.63) is 42.7 Å². The van der Waals surface area contributed by atoms with Gasteiger partial charge >= 0.3 is 0 Å². The third-order valence-electron chi connectivity index (χ3n) is 3.20. The largest absolute Gasteiger partial charge is 0.353 e. The van der Waals surface area contributed by atoms with Gasteiger partial charge in [-0.1, -0.05) is 6.58 Å². The fourth-order valence-electron chi connectivity index (χ4n) is 1.76. The van der Waals surface area contributed by atoms with Crippen molar-refractivity contribution in [3.63, 3.8) is 0 Å². The maximum atomic E-state index is 12.9. The Balaban J connectivity index is 2.52. The number of halogens is 1. The highest BCUT2D eigenvalue weighted by molar-refractivity contribution is 7.89. The molecule has 0 aromatic heterocycles. The van der Waals surface area contributed by atoms with Crippen LogP contribution in [0.1, 0.15) is 0 Å². The van der Waals surface area contributed by atoms with E-state index in [2.05, 4.69) is 11.9 Å². The molecule has 0 fully saturated rings. The number of sulfonamides is 1. The first-order chi connectivity index (χ1) is 11.2. The summed E-state index contributed by atoms with van der Waals surface area (Å²) in [5, 5.41) is 2.52. The Morgan fingerprint density at radius 2 is 1.83 bits per heavy atom. The van der Waals surface area contributed by atoms with Crippen molar-refractivity contribution in [1.82, 2.24) is 14.5 Å². The predicted octanol–water partition coefficient (Wildman–Crippen LogP) is 0.207. The van der Waals surface area contributed by atoms with Crippen molar-refractivity contribution >= 4 is 21.8 Å². The minimum atomic E-state index is -3.76. The molecule has 0 atom stereocenters. The lowest BCUT2D eigenvalue weighted by molar-refractivity contribution is -0.131. The molecule has 1 aromatic carbocycles. The molecule has 0 bridgehead atoms. The molecule has 0 aliphatic carbocycles. The monoisotopic (exact) mass is 357 g/mol. The molecule has 1 N–H and O–H groups in total. The zero-order chi connectivity index (χ0) is 18.3. The molecule has 1 aromatic rings. The lowest BCUT2D eigenvalue weighted by atomic mass is 10.4. The molecule has 132 valence electrons. The first-order valence-corrected chi connectivity index (χ1v) is 8.48. The molecule has 0 spiro atoms. The summed E-state index contributed by atoms with van der Waals surface area (Å²) >= 11 is 0. The molecule has 0 unspecified atom stereocenters. The minimum absolute atomic E-state index is 0.0323. The number of hydrogen-bond acceptors (Lipinski definition) is 4. The number of hydrogen-bond donors (Lipinski definition) is 1. The fourth-order valence-corrected chi connectivity index (χ4v) is 2.94. The fraction of sp³-hybridized carbons (Fsp3) is 0.333. The Kier molecular flexibility index (Phi) is 7.05. The smallest absolute Gasteiger partial charge is 0.246 e. The highest BCUT2D eigenvalue weighted by Gasteiger charge is 2.20. The summed E-state index contributed by atoms with van der Waals surface area (Å²) in [4.78, 5) is 24.1. The van der Waals surface area contributed by atoms with Crippen molar-refractivity contribution in [2.75, 3.05) is 33.7 Å². The van der Waals surface area contributed by atoms with Crippen LogP contribution >= 0.6 is 0 Å². The van der Waals surface area contributed by atoms with Gasteiger partial charge in [-0.15, -0.1) is 0 Å². The summed E-state index contributed by atoms with van der Waals surface area (Å²) in [6, 6.07) is 4.48. The van der Waals surface area contributed by atoms with E-state index in [0.717, 1.165) is 22.5 Å². The number of carbonyl (C=O) groups excluding carboxylic acids is 2. The van der Waals surface area contributed by atoms with E-state index in [4.69, 9.17) is 0 Å². The maximum Gasteiger partial charge on any atom is 0.246 e. The van der Waals surface area contributed by atoms with Gasteiger partial charge in [0, 0.05) is 27.2 Å². The van der Waals surface area contributed by atoms with Crippen LogP contribution in [-0.4, -0.2) is 63.2 Å². The molecule has 0 radical (unpaired) electrons. The molecule has 9 heteroatoms. The zero-order valence-corrected chi connectivity index (χ0v) is 14.3. The third-order valence-corrected chi connectivity index (χ3v) is 5.07. The Labute approximate surface area is 140 Å². The van der Waals surface area contributed by atoms with Crippen LogP contribution in [0.2, 0.25) is 0 Å². The number of amides is 2. The molecule has 0 aliphatic heterocycles. The molecule has 0 saturated carbocycles. The molecule has 0 heterocycles. The average Bonchev–Trinajstić information content (AvgIpc) is 2.54. The van der Waals surface area contributed by atoms with Crippen molar-refractivity contribution < 1.29 is 22.4 Å². The van der Waals surface area contributed by atoms with E-state index in [1.807, 2.05) is 0 Å². The van der Waals surface area contributed by atoms with Crippen LogP contribution in [0, 0.1) is 5.82 Å². The predicted molar refractivity (Wildman–Crippen MR) is 87.1 cm³/mol. The van der Waals surface area contributed by atoms with Gasteiger partial charge in [-0.2, -0.15) is 4.31 Å². The molecule has 1 rings (SSSR count). The van der Waals surface area contributed by atoms with Crippen LogP contribution < -0.4 is 5.32 Å². The number of nitrogens with zero attached hydrogens (tertiary/aromatic N) is 2. The lowest BCUT2D eigenvalue weighted by Gasteiger charge is -2.18. The van der Waals surface area contributed by atoms with Crippen molar-refractivity contribution in [2.24, 2.45) is 0 Å². The van der Waals surface area contributed by atoms with Crippen LogP contribution in [0.25, 0.3) is 0 Å². The number of carbonyl (C=O) groups is 2. The van der Waals surface area contributed by atoms with Gasteiger partial charge in [0.15, 0.2) is 0 Å². The molecular weight excluding hydrogens is 337 g/mol. The summed E-state index contributed by atoms with van der Waals surface area (Å²) in [7, 11) is -0.944. The van der Waals surface area contributed by atoms with Gasteiger partial charge in [-0.05, 0) is 30.3 Å². The van der Waals surface area contributed by atoms with Gasteiger partial charge in [-0.25, -0.2) is 12.8 Å². The summed E-state index contributed by atoms with van der Waals surface area (Å²) in [5.74, 6) is -1.33. The quantitative estimate of drug-likeness (QED) is 0.674. The van der Waals surface area contributed by atoms with Crippen LogP contribution in [0.5, 0.6) is 0 Å². The summed E-state index contributed by atoms with van der Waals surface area (Å²) in [5.41, 5.74) is 0. The summed E-state index contributed by atoms with van der Waals surface area (Å²) in [6.07, 6.45) is 1.09. The molecule has 24 heavy (non-hydrogen) atoms. The topological polar surface area (TPSA) is 86.8 Å². The summed E-state index contributed by atoms with van der Waals surface area (Å²) in [6.45, 7) is 3.27. The Bertz CT molecular complexity index is 704. The Morgan fingerprint density at radius 3 is 2.38 bits per heavy atom. The zero-order valence-electron chi connectivity index (χ0n) is 13.5. The number of likely N-dealkylation sites (N-methyl/N-ethyl adjacent to an activating group) is 2. The van der Waals surface area contributed by atoms with Crippen molar-refractivity contribution in [1.29, 1.82) is 0 Å². The van der Waals surface area contributed by atoms with E-state index in [-0.39, 0.29) is 30.4 Å². The van der Waals surface area contributed by atoms with Gasteiger partial charge < -0.3 is 10.2 Å². The van der Waals surface area contributed by atoms with Gasteiger partial charge in [0.1, 0.15) is 5.82 Å². The van der Waals surface area contributed by atoms with Crippen LogP contribution in [0.15, 0.2) is 41.8 Å². The minimum Gasteiger partial charge on any atom is -0.353 e. The molecule has 0 saturated heterocycles. The normalized spacial score (nSPS) is 11.2. The second kappa shape index (κ2) is 8.55. The van der Waals surface area contributed by atoms with E-state index in [0.29, 0.717) is 0 Å².